The van der Waals surface area contributed by atoms with E-state index in [1.807, 2.05) is 36.4 Å². The van der Waals surface area contributed by atoms with Gasteiger partial charge in [0.1, 0.15) is 17.2 Å². The average molecular weight is 331 g/mol. The molecule has 0 fully saturated rings. The second kappa shape index (κ2) is 5.87. The Morgan fingerprint density at radius 3 is 2.36 bits per heavy atom. The van der Waals surface area contributed by atoms with Crippen LogP contribution in [0.2, 0.25) is 0 Å². The van der Waals surface area contributed by atoms with E-state index in [2.05, 4.69) is 9.97 Å². The third-order valence-corrected chi connectivity index (χ3v) is 4.09. The molecule has 0 aliphatic carbocycles. The maximum atomic E-state index is 13.4. The van der Waals surface area contributed by atoms with Crippen molar-refractivity contribution in [2.24, 2.45) is 5.73 Å². The maximum absolute atomic E-state index is 13.4. The van der Waals surface area contributed by atoms with E-state index < -0.39 is 5.91 Å². The fraction of sp³-hybridized carbons (Fsp3) is 0. The molecule has 0 saturated carbocycles. The predicted octanol–water partition coefficient (Wildman–Crippen LogP) is 4.13. The first-order valence-corrected chi connectivity index (χ1v) is 7.77. The van der Waals surface area contributed by atoms with Crippen molar-refractivity contribution >= 4 is 16.9 Å². The molecule has 0 spiro atoms. The van der Waals surface area contributed by atoms with E-state index >= 15 is 0 Å². The van der Waals surface area contributed by atoms with Crippen LogP contribution < -0.4 is 5.73 Å². The molecule has 0 atom stereocenters. The second-order valence-electron chi connectivity index (χ2n) is 5.74. The van der Waals surface area contributed by atoms with Gasteiger partial charge in [-0.05, 0) is 35.4 Å². The molecule has 5 heteroatoms. The van der Waals surface area contributed by atoms with E-state index in [0.29, 0.717) is 16.9 Å². The van der Waals surface area contributed by atoms with E-state index in [1.54, 1.807) is 18.2 Å². The molecule has 4 rings (SSSR count). The van der Waals surface area contributed by atoms with Gasteiger partial charge in [-0.2, -0.15) is 0 Å². The monoisotopic (exact) mass is 331 g/mol. The first-order valence-electron chi connectivity index (χ1n) is 7.77. The Kier molecular flexibility index (Phi) is 3.54. The average Bonchev–Trinajstić information content (AvgIpc) is 3.06. The number of carbonyl (C=O) groups is 1. The van der Waals surface area contributed by atoms with Gasteiger partial charge in [0.15, 0.2) is 0 Å². The zero-order valence-corrected chi connectivity index (χ0v) is 13.2. The fourth-order valence-electron chi connectivity index (χ4n) is 2.86. The van der Waals surface area contributed by atoms with E-state index in [-0.39, 0.29) is 5.82 Å². The van der Waals surface area contributed by atoms with Crippen molar-refractivity contribution in [3.05, 3.63) is 78.1 Å². The molecule has 1 amide bonds. The Hall–Kier alpha value is -3.47. The van der Waals surface area contributed by atoms with Crippen LogP contribution in [0.3, 0.4) is 0 Å². The highest BCUT2D eigenvalue weighted by molar-refractivity contribution is 6.04. The standard InChI is InChI=1S/C20H14FN3O/c21-15-4-1-3-14(11-15)12-7-9-13(10-8-12)20-23-17-6-2-5-16(19(22)25)18(17)24-20/h1-11H,(H2,22,25)(H,23,24). The first-order chi connectivity index (χ1) is 12.1. The number of hydrogen-bond acceptors (Lipinski definition) is 2. The fourth-order valence-corrected chi connectivity index (χ4v) is 2.86. The van der Waals surface area contributed by atoms with E-state index in [9.17, 15) is 9.18 Å². The summed E-state index contributed by atoms with van der Waals surface area (Å²) in [4.78, 5) is 19.2. The molecule has 3 aromatic carbocycles. The number of amides is 1. The summed E-state index contributed by atoms with van der Waals surface area (Å²) in [6.45, 7) is 0. The molecular formula is C20H14FN3O. The van der Waals surface area contributed by atoms with Gasteiger partial charge in [-0.1, -0.05) is 42.5 Å². The summed E-state index contributed by atoms with van der Waals surface area (Å²) < 4.78 is 13.4. The molecule has 0 saturated heterocycles. The topological polar surface area (TPSA) is 71.8 Å². The highest BCUT2D eigenvalue weighted by Gasteiger charge is 2.12. The number of primary amides is 1. The molecule has 25 heavy (non-hydrogen) atoms. The van der Waals surface area contributed by atoms with Crippen molar-refractivity contribution in [1.82, 2.24) is 9.97 Å². The lowest BCUT2D eigenvalue weighted by atomic mass is 10.0. The Morgan fingerprint density at radius 1 is 0.920 bits per heavy atom. The largest absolute Gasteiger partial charge is 0.366 e. The molecular weight excluding hydrogens is 317 g/mol. The van der Waals surface area contributed by atoms with Crippen LogP contribution in [0.15, 0.2) is 66.7 Å². The third-order valence-electron chi connectivity index (χ3n) is 4.09. The first kappa shape index (κ1) is 15.1. The molecule has 0 radical (unpaired) electrons. The van der Waals surface area contributed by atoms with Crippen molar-refractivity contribution in [1.29, 1.82) is 0 Å². The molecule has 122 valence electrons. The summed E-state index contributed by atoms with van der Waals surface area (Å²) in [5.74, 6) is -0.127. The maximum Gasteiger partial charge on any atom is 0.250 e. The second-order valence-corrected chi connectivity index (χ2v) is 5.74. The zero-order valence-electron chi connectivity index (χ0n) is 13.2. The molecule has 0 unspecified atom stereocenters. The Balaban J connectivity index is 1.74. The van der Waals surface area contributed by atoms with Crippen LogP contribution >= 0.6 is 0 Å². The van der Waals surface area contributed by atoms with Gasteiger partial charge in [-0.3, -0.25) is 4.79 Å². The summed E-state index contributed by atoms with van der Waals surface area (Å²) in [5, 5.41) is 0. The molecule has 1 aromatic heterocycles. The van der Waals surface area contributed by atoms with Gasteiger partial charge in [0.05, 0.1) is 11.1 Å². The lowest BCUT2D eigenvalue weighted by molar-refractivity contribution is 0.100. The number of H-pyrrole nitrogens is 1. The summed E-state index contributed by atoms with van der Waals surface area (Å²) in [5.41, 5.74) is 9.69. The van der Waals surface area contributed by atoms with Crippen molar-refractivity contribution < 1.29 is 9.18 Å². The molecule has 4 nitrogen and oxygen atoms in total. The number of nitrogens with zero attached hydrogens (tertiary/aromatic N) is 1. The number of para-hydroxylation sites is 1. The van der Waals surface area contributed by atoms with Gasteiger partial charge in [-0.25, -0.2) is 9.37 Å². The minimum atomic E-state index is -0.509. The predicted molar refractivity (Wildman–Crippen MR) is 95.4 cm³/mol. The van der Waals surface area contributed by atoms with E-state index in [4.69, 9.17) is 5.73 Å². The molecule has 0 aliphatic heterocycles. The van der Waals surface area contributed by atoms with Crippen molar-refractivity contribution in [2.75, 3.05) is 0 Å². The zero-order chi connectivity index (χ0) is 17.4. The summed E-state index contributed by atoms with van der Waals surface area (Å²) in [6, 6.07) is 19.3. The molecule has 4 aromatic rings. The summed E-state index contributed by atoms with van der Waals surface area (Å²) >= 11 is 0. The number of nitrogens with one attached hydrogen (secondary N) is 1. The van der Waals surface area contributed by atoms with Gasteiger partial charge in [0.25, 0.3) is 5.91 Å². The molecule has 1 heterocycles. The normalized spacial score (nSPS) is 10.9. The van der Waals surface area contributed by atoms with Crippen LogP contribution in [-0.4, -0.2) is 15.9 Å². The molecule has 0 bridgehead atoms. The van der Waals surface area contributed by atoms with Gasteiger partial charge >= 0.3 is 0 Å². The molecule has 0 aliphatic rings. The van der Waals surface area contributed by atoms with Crippen LogP contribution in [0, 0.1) is 5.82 Å². The SMILES string of the molecule is NC(=O)c1cccc2[nH]c(-c3ccc(-c4cccc(F)c4)cc3)nc12. The lowest BCUT2D eigenvalue weighted by Gasteiger charge is -2.03. The Bertz CT molecular complexity index is 1080. The minimum Gasteiger partial charge on any atom is -0.366 e. The number of fused-ring (bicyclic) bond motifs is 1. The lowest BCUT2D eigenvalue weighted by Crippen LogP contribution is -2.11. The Morgan fingerprint density at radius 2 is 1.64 bits per heavy atom. The van der Waals surface area contributed by atoms with E-state index in [0.717, 1.165) is 22.2 Å². The number of nitrogens with two attached hydrogens (primary N) is 1. The molecule has 3 N–H and O–H groups in total. The quantitative estimate of drug-likeness (QED) is 0.592. The van der Waals surface area contributed by atoms with Crippen LogP contribution in [0.4, 0.5) is 4.39 Å². The smallest absolute Gasteiger partial charge is 0.250 e. The number of imidazole rings is 1. The third kappa shape index (κ3) is 2.76. The summed E-state index contributed by atoms with van der Waals surface area (Å²) in [7, 11) is 0. The summed E-state index contributed by atoms with van der Waals surface area (Å²) in [6.07, 6.45) is 0. The number of rotatable bonds is 3. The van der Waals surface area contributed by atoms with Crippen LogP contribution in [0.25, 0.3) is 33.5 Å². The van der Waals surface area contributed by atoms with Crippen LogP contribution in [-0.2, 0) is 0 Å². The minimum absolute atomic E-state index is 0.266. The van der Waals surface area contributed by atoms with Gasteiger partial charge in [0, 0.05) is 5.56 Å². The number of aromatic nitrogens is 2. The van der Waals surface area contributed by atoms with Crippen molar-refractivity contribution in [3.63, 3.8) is 0 Å². The van der Waals surface area contributed by atoms with E-state index in [1.165, 1.54) is 12.1 Å². The van der Waals surface area contributed by atoms with Crippen LogP contribution in [0.5, 0.6) is 0 Å². The highest BCUT2D eigenvalue weighted by Crippen LogP contribution is 2.26. The van der Waals surface area contributed by atoms with Crippen LogP contribution in [0.1, 0.15) is 10.4 Å². The Labute approximate surface area is 143 Å². The van der Waals surface area contributed by atoms with Gasteiger partial charge < -0.3 is 10.7 Å². The van der Waals surface area contributed by atoms with Gasteiger partial charge in [0.2, 0.25) is 0 Å². The number of aromatic amines is 1. The van der Waals surface area contributed by atoms with Gasteiger partial charge in [-0.15, -0.1) is 0 Å². The number of carbonyl (C=O) groups excluding carboxylic acids is 1. The number of hydrogen-bond donors (Lipinski definition) is 2. The number of benzene rings is 3. The van der Waals surface area contributed by atoms with Crippen molar-refractivity contribution in [3.8, 4) is 22.5 Å². The van der Waals surface area contributed by atoms with Crippen molar-refractivity contribution in [2.45, 2.75) is 0 Å². The highest BCUT2D eigenvalue weighted by atomic mass is 19.1. The number of halogens is 1.